The van der Waals surface area contributed by atoms with E-state index >= 15 is 0 Å². The standard InChI is InChI=1S/C14H19N7O2/c1-2-23-12-7-16-6-11(18-12)20-5-3-4-10(8-20)21-9-17-14(19-21)13(15)22/h6-7,9-10H,2-5,8H2,1H3,(H2,15,22). The van der Waals surface area contributed by atoms with E-state index in [0.29, 0.717) is 19.0 Å². The number of carbonyl (C=O) groups is 1. The molecule has 1 fully saturated rings. The van der Waals surface area contributed by atoms with Crippen molar-refractivity contribution in [1.82, 2.24) is 24.7 Å². The van der Waals surface area contributed by atoms with Gasteiger partial charge in [-0.3, -0.25) is 9.78 Å². The molecule has 3 heterocycles. The summed E-state index contributed by atoms with van der Waals surface area (Å²) in [5, 5.41) is 4.15. The van der Waals surface area contributed by atoms with Crippen molar-refractivity contribution in [3.8, 4) is 5.88 Å². The summed E-state index contributed by atoms with van der Waals surface area (Å²) in [6.45, 7) is 4.06. The maximum Gasteiger partial charge on any atom is 0.288 e. The normalized spacial score (nSPS) is 18.0. The van der Waals surface area contributed by atoms with E-state index in [1.165, 1.54) is 0 Å². The first-order valence-electron chi connectivity index (χ1n) is 7.58. The number of primary amides is 1. The summed E-state index contributed by atoms with van der Waals surface area (Å²) in [4.78, 5) is 25.8. The molecule has 0 bridgehead atoms. The third kappa shape index (κ3) is 3.38. The second-order valence-corrected chi connectivity index (χ2v) is 5.30. The number of piperidine rings is 1. The Hall–Kier alpha value is -2.71. The third-order valence-electron chi connectivity index (χ3n) is 3.72. The van der Waals surface area contributed by atoms with Gasteiger partial charge in [0.1, 0.15) is 6.33 Å². The molecule has 0 aliphatic carbocycles. The van der Waals surface area contributed by atoms with E-state index in [1.54, 1.807) is 23.4 Å². The topological polar surface area (TPSA) is 112 Å². The second kappa shape index (κ2) is 6.59. The van der Waals surface area contributed by atoms with E-state index in [-0.39, 0.29) is 11.9 Å². The Balaban J connectivity index is 1.74. The highest BCUT2D eigenvalue weighted by Crippen LogP contribution is 2.25. The van der Waals surface area contributed by atoms with Crippen LogP contribution in [0.15, 0.2) is 18.7 Å². The summed E-state index contributed by atoms with van der Waals surface area (Å²) in [5.41, 5.74) is 5.20. The number of ether oxygens (including phenoxy) is 1. The van der Waals surface area contributed by atoms with E-state index in [9.17, 15) is 4.79 Å². The lowest BCUT2D eigenvalue weighted by atomic mass is 10.1. The minimum atomic E-state index is -0.619. The Morgan fingerprint density at radius 2 is 2.35 bits per heavy atom. The fraction of sp³-hybridized carbons (Fsp3) is 0.500. The van der Waals surface area contributed by atoms with Crippen LogP contribution in [0.4, 0.5) is 5.82 Å². The lowest BCUT2D eigenvalue weighted by Gasteiger charge is -2.33. The van der Waals surface area contributed by atoms with Gasteiger partial charge in [-0.25, -0.2) is 9.67 Å². The molecule has 2 aromatic rings. The number of amides is 1. The minimum Gasteiger partial charge on any atom is -0.477 e. The molecule has 0 aromatic carbocycles. The van der Waals surface area contributed by atoms with Gasteiger partial charge in [0, 0.05) is 13.1 Å². The zero-order valence-electron chi connectivity index (χ0n) is 12.9. The van der Waals surface area contributed by atoms with Crippen LogP contribution >= 0.6 is 0 Å². The first kappa shape index (κ1) is 15.2. The molecule has 9 nitrogen and oxygen atoms in total. The number of aromatic nitrogens is 5. The Morgan fingerprint density at radius 1 is 1.48 bits per heavy atom. The van der Waals surface area contributed by atoms with E-state index in [2.05, 4.69) is 25.0 Å². The summed E-state index contributed by atoms with van der Waals surface area (Å²) < 4.78 is 7.10. The highest BCUT2D eigenvalue weighted by molar-refractivity contribution is 5.88. The maximum absolute atomic E-state index is 11.1. The van der Waals surface area contributed by atoms with Crippen molar-refractivity contribution >= 4 is 11.7 Å². The first-order chi connectivity index (χ1) is 11.2. The molecule has 0 radical (unpaired) electrons. The van der Waals surface area contributed by atoms with Crippen molar-refractivity contribution < 1.29 is 9.53 Å². The van der Waals surface area contributed by atoms with Crippen molar-refractivity contribution in [3.63, 3.8) is 0 Å². The van der Waals surface area contributed by atoms with Crippen LogP contribution < -0.4 is 15.4 Å². The quantitative estimate of drug-likeness (QED) is 0.849. The Bertz CT molecular complexity index is 687. The Kier molecular flexibility index (Phi) is 4.35. The van der Waals surface area contributed by atoms with Crippen LogP contribution in [-0.2, 0) is 0 Å². The molecule has 2 aromatic heterocycles. The van der Waals surface area contributed by atoms with Gasteiger partial charge in [-0.2, -0.15) is 4.98 Å². The van der Waals surface area contributed by atoms with Gasteiger partial charge in [-0.15, -0.1) is 5.10 Å². The zero-order chi connectivity index (χ0) is 16.2. The lowest BCUT2D eigenvalue weighted by molar-refractivity contribution is 0.0990. The Morgan fingerprint density at radius 3 is 3.09 bits per heavy atom. The van der Waals surface area contributed by atoms with Crippen LogP contribution in [0.25, 0.3) is 0 Å². The van der Waals surface area contributed by atoms with Gasteiger partial charge >= 0.3 is 0 Å². The molecule has 1 aliphatic rings. The predicted octanol–water partition coefficient (Wildman–Crippen LogP) is 0.407. The van der Waals surface area contributed by atoms with E-state index in [1.807, 2.05) is 6.92 Å². The Labute approximate surface area is 133 Å². The van der Waals surface area contributed by atoms with Crippen LogP contribution in [0.2, 0.25) is 0 Å². The van der Waals surface area contributed by atoms with Gasteiger partial charge in [-0.1, -0.05) is 0 Å². The molecule has 23 heavy (non-hydrogen) atoms. The number of nitrogens with zero attached hydrogens (tertiary/aromatic N) is 6. The molecular formula is C14H19N7O2. The fourth-order valence-corrected chi connectivity index (χ4v) is 2.65. The SMILES string of the molecule is CCOc1cncc(N2CCCC(n3cnc(C(N)=O)n3)C2)n1. The number of anilines is 1. The summed E-state index contributed by atoms with van der Waals surface area (Å²) in [6, 6.07) is 0.113. The van der Waals surface area contributed by atoms with Crippen LogP contribution in [0, 0.1) is 0 Å². The minimum absolute atomic E-state index is 0.0419. The number of rotatable bonds is 5. The second-order valence-electron chi connectivity index (χ2n) is 5.30. The van der Waals surface area contributed by atoms with Crippen molar-refractivity contribution in [3.05, 3.63) is 24.5 Å². The zero-order valence-corrected chi connectivity index (χ0v) is 12.9. The smallest absolute Gasteiger partial charge is 0.288 e. The molecule has 1 unspecified atom stereocenters. The molecule has 1 amide bonds. The molecule has 1 aliphatic heterocycles. The molecule has 3 rings (SSSR count). The summed E-state index contributed by atoms with van der Waals surface area (Å²) in [6.07, 6.45) is 6.82. The van der Waals surface area contributed by atoms with Gasteiger partial charge in [0.15, 0.2) is 5.82 Å². The molecule has 1 atom stereocenters. The predicted molar refractivity (Wildman–Crippen MR) is 82.2 cm³/mol. The molecule has 0 spiro atoms. The molecule has 0 saturated carbocycles. The largest absolute Gasteiger partial charge is 0.477 e. The molecular weight excluding hydrogens is 298 g/mol. The van der Waals surface area contributed by atoms with Crippen LogP contribution in [0.5, 0.6) is 5.88 Å². The fourth-order valence-electron chi connectivity index (χ4n) is 2.65. The average Bonchev–Trinajstić information content (AvgIpc) is 3.06. The van der Waals surface area contributed by atoms with Crippen molar-refractivity contribution in [2.45, 2.75) is 25.8 Å². The number of hydrogen-bond donors (Lipinski definition) is 1. The number of nitrogens with two attached hydrogens (primary N) is 1. The van der Waals surface area contributed by atoms with E-state index < -0.39 is 5.91 Å². The van der Waals surface area contributed by atoms with Gasteiger partial charge in [0.25, 0.3) is 5.91 Å². The number of hydrogen-bond acceptors (Lipinski definition) is 7. The number of carbonyl (C=O) groups excluding carboxylic acids is 1. The summed E-state index contributed by atoms with van der Waals surface area (Å²) in [5.74, 6) is 0.715. The van der Waals surface area contributed by atoms with Gasteiger partial charge in [0.05, 0.1) is 25.0 Å². The van der Waals surface area contributed by atoms with Crippen molar-refractivity contribution in [2.24, 2.45) is 5.73 Å². The molecule has 9 heteroatoms. The van der Waals surface area contributed by atoms with Gasteiger partial charge in [-0.05, 0) is 19.8 Å². The molecule has 1 saturated heterocycles. The molecule has 2 N–H and O–H groups in total. The lowest BCUT2D eigenvalue weighted by Crippen LogP contribution is -2.37. The average molecular weight is 317 g/mol. The maximum atomic E-state index is 11.1. The van der Waals surface area contributed by atoms with Crippen LogP contribution in [0.3, 0.4) is 0 Å². The van der Waals surface area contributed by atoms with Gasteiger partial charge < -0.3 is 15.4 Å². The monoisotopic (exact) mass is 317 g/mol. The first-order valence-corrected chi connectivity index (χ1v) is 7.58. The summed E-state index contributed by atoms with van der Waals surface area (Å²) >= 11 is 0. The highest BCUT2D eigenvalue weighted by Gasteiger charge is 2.24. The van der Waals surface area contributed by atoms with Crippen molar-refractivity contribution in [1.29, 1.82) is 0 Å². The van der Waals surface area contributed by atoms with Crippen LogP contribution in [0.1, 0.15) is 36.4 Å². The van der Waals surface area contributed by atoms with Crippen LogP contribution in [-0.4, -0.2) is 50.3 Å². The highest BCUT2D eigenvalue weighted by atomic mass is 16.5. The van der Waals surface area contributed by atoms with Crippen molar-refractivity contribution in [2.75, 3.05) is 24.6 Å². The van der Waals surface area contributed by atoms with Gasteiger partial charge in [0.2, 0.25) is 11.7 Å². The third-order valence-corrected chi connectivity index (χ3v) is 3.72. The van der Waals surface area contributed by atoms with E-state index in [0.717, 1.165) is 25.2 Å². The molecule has 122 valence electrons. The summed E-state index contributed by atoms with van der Waals surface area (Å²) in [7, 11) is 0. The van der Waals surface area contributed by atoms with E-state index in [4.69, 9.17) is 10.5 Å².